The van der Waals surface area contributed by atoms with Gasteiger partial charge in [0.05, 0.1) is 6.04 Å². The molecule has 1 aliphatic heterocycles. The smallest absolute Gasteiger partial charge is 0.411 e. The SMILES string of the molecule is CCN(CC)C(=O)c1ccc(C(c2ccc(N(C)C(=O)O)cc2)N2CCNCC2)cc1. The fourth-order valence-electron chi connectivity index (χ4n) is 4.05. The molecule has 1 atom stereocenters. The minimum atomic E-state index is -0.986. The molecule has 1 heterocycles. The first-order chi connectivity index (χ1) is 15.0. The molecule has 0 saturated carbocycles. The molecule has 166 valence electrons. The molecule has 1 aliphatic rings. The summed E-state index contributed by atoms with van der Waals surface area (Å²) in [6.45, 7) is 9.05. The molecule has 1 unspecified atom stereocenters. The highest BCUT2D eigenvalue weighted by Crippen LogP contribution is 2.30. The van der Waals surface area contributed by atoms with Gasteiger partial charge in [0.2, 0.25) is 0 Å². The third-order valence-corrected chi connectivity index (χ3v) is 5.92. The average molecular weight is 425 g/mol. The number of nitrogens with one attached hydrogen (secondary N) is 1. The van der Waals surface area contributed by atoms with Gasteiger partial charge in [-0.25, -0.2) is 4.79 Å². The molecule has 0 spiro atoms. The average Bonchev–Trinajstić information content (AvgIpc) is 2.81. The van der Waals surface area contributed by atoms with Gasteiger partial charge in [0, 0.05) is 57.6 Å². The normalized spacial score (nSPS) is 15.3. The van der Waals surface area contributed by atoms with Gasteiger partial charge in [-0.3, -0.25) is 14.6 Å². The van der Waals surface area contributed by atoms with Crippen molar-refractivity contribution < 1.29 is 14.7 Å². The highest BCUT2D eigenvalue weighted by atomic mass is 16.4. The van der Waals surface area contributed by atoms with Crippen LogP contribution in [0, 0.1) is 0 Å². The summed E-state index contributed by atoms with van der Waals surface area (Å²) in [5.41, 5.74) is 3.56. The summed E-state index contributed by atoms with van der Waals surface area (Å²) in [7, 11) is 1.54. The van der Waals surface area contributed by atoms with Crippen LogP contribution in [-0.2, 0) is 0 Å². The van der Waals surface area contributed by atoms with E-state index in [1.807, 2.05) is 67.3 Å². The van der Waals surface area contributed by atoms with E-state index in [1.54, 1.807) is 0 Å². The van der Waals surface area contributed by atoms with E-state index in [0.29, 0.717) is 24.3 Å². The van der Waals surface area contributed by atoms with E-state index in [0.717, 1.165) is 37.3 Å². The monoisotopic (exact) mass is 424 g/mol. The Morgan fingerprint density at radius 3 is 1.97 bits per heavy atom. The van der Waals surface area contributed by atoms with Crippen LogP contribution in [0.1, 0.15) is 41.4 Å². The van der Waals surface area contributed by atoms with E-state index in [1.165, 1.54) is 11.9 Å². The van der Waals surface area contributed by atoms with Gasteiger partial charge in [-0.15, -0.1) is 0 Å². The molecule has 0 bridgehead atoms. The van der Waals surface area contributed by atoms with E-state index < -0.39 is 6.09 Å². The fourth-order valence-corrected chi connectivity index (χ4v) is 4.05. The molecule has 2 N–H and O–H groups in total. The summed E-state index contributed by atoms with van der Waals surface area (Å²) < 4.78 is 0. The van der Waals surface area contributed by atoms with Crippen molar-refractivity contribution in [1.29, 1.82) is 0 Å². The van der Waals surface area contributed by atoms with E-state index in [4.69, 9.17) is 0 Å². The second-order valence-corrected chi connectivity index (χ2v) is 7.72. The number of piperazine rings is 1. The van der Waals surface area contributed by atoms with Crippen LogP contribution >= 0.6 is 0 Å². The van der Waals surface area contributed by atoms with Gasteiger partial charge in [0.15, 0.2) is 0 Å². The van der Waals surface area contributed by atoms with Crippen molar-refractivity contribution in [3.05, 3.63) is 65.2 Å². The molecule has 1 saturated heterocycles. The molecule has 0 aromatic heterocycles. The first-order valence-corrected chi connectivity index (χ1v) is 10.9. The molecule has 1 fully saturated rings. The van der Waals surface area contributed by atoms with Gasteiger partial charge in [0.1, 0.15) is 0 Å². The van der Waals surface area contributed by atoms with Gasteiger partial charge in [0.25, 0.3) is 5.91 Å². The highest BCUT2D eigenvalue weighted by molar-refractivity contribution is 5.94. The van der Waals surface area contributed by atoms with Crippen molar-refractivity contribution in [3.8, 4) is 0 Å². The van der Waals surface area contributed by atoms with E-state index in [9.17, 15) is 14.7 Å². The van der Waals surface area contributed by atoms with Gasteiger partial charge < -0.3 is 15.3 Å². The molecule has 7 nitrogen and oxygen atoms in total. The van der Waals surface area contributed by atoms with Crippen molar-refractivity contribution in [1.82, 2.24) is 15.1 Å². The Hall–Kier alpha value is -2.90. The van der Waals surface area contributed by atoms with Crippen molar-refractivity contribution in [2.24, 2.45) is 0 Å². The van der Waals surface area contributed by atoms with E-state index in [-0.39, 0.29) is 11.9 Å². The largest absolute Gasteiger partial charge is 0.465 e. The summed E-state index contributed by atoms with van der Waals surface area (Å²) in [5, 5.41) is 12.6. The molecule has 0 aliphatic carbocycles. The molecule has 2 aromatic rings. The molecular formula is C24H32N4O3. The van der Waals surface area contributed by atoms with Crippen LogP contribution in [0.2, 0.25) is 0 Å². The zero-order valence-corrected chi connectivity index (χ0v) is 18.5. The lowest BCUT2D eigenvalue weighted by molar-refractivity contribution is 0.0773. The summed E-state index contributed by atoms with van der Waals surface area (Å²) in [6, 6.07) is 15.6. The Morgan fingerprint density at radius 1 is 0.968 bits per heavy atom. The highest BCUT2D eigenvalue weighted by Gasteiger charge is 2.25. The lowest BCUT2D eigenvalue weighted by atomic mass is 9.95. The summed E-state index contributed by atoms with van der Waals surface area (Å²) in [4.78, 5) is 29.4. The molecule has 2 amide bonds. The standard InChI is InChI=1S/C24H32N4O3/c1-4-27(5-2)23(29)20-8-6-18(7-9-20)22(28-16-14-25-15-17-28)19-10-12-21(13-11-19)26(3)24(30)31/h6-13,22,25H,4-5,14-17H2,1-3H3,(H,30,31). The van der Waals surface area contributed by atoms with Crippen LogP contribution in [-0.4, -0.2) is 73.2 Å². The van der Waals surface area contributed by atoms with Gasteiger partial charge >= 0.3 is 6.09 Å². The minimum Gasteiger partial charge on any atom is -0.465 e. The molecule has 3 rings (SSSR count). The molecule has 2 aromatic carbocycles. The third-order valence-electron chi connectivity index (χ3n) is 5.92. The van der Waals surface area contributed by atoms with Crippen LogP contribution < -0.4 is 10.2 Å². The number of rotatable bonds is 7. The zero-order valence-electron chi connectivity index (χ0n) is 18.5. The number of carboxylic acid groups (broad SMARTS) is 1. The van der Waals surface area contributed by atoms with Gasteiger partial charge in [-0.2, -0.15) is 0 Å². The summed E-state index contributed by atoms with van der Waals surface area (Å²) in [6.07, 6.45) is -0.986. The Balaban J connectivity index is 1.91. The predicted molar refractivity (Wildman–Crippen MR) is 123 cm³/mol. The number of anilines is 1. The number of carbonyl (C=O) groups excluding carboxylic acids is 1. The van der Waals surface area contributed by atoms with Gasteiger partial charge in [-0.05, 0) is 49.2 Å². The Kier molecular flexibility index (Phi) is 7.65. The zero-order chi connectivity index (χ0) is 22.4. The minimum absolute atomic E-state index is 0.0453. The van der Waals surface area contributed by atoms with Crippen LogP contribution in [0.5, 0.6) is 0 Å². The number of carbonyl (C=O) groups is 2. The molecule has 7 heteroatoms. The molecule has 0 radical (unpaired) electrons. The Bertz CT molecular complexity index is 873. The Labute approximate surface area is 184 Å². The van der Waals surface area contributed by atoms with Crippen molar-refractivity contribution >= 4 is 17.7 Å². The van der Waals surface area contributed by atoms with E-state index >= 15 is 0 Å². The number of nitrogens with zero attached hydrogens (tertiary/aromatic N) is 3. The summed E-state index contributed by atoms with van der Waals surface area (Å²) in [5.74, 6) is 0.0522. The first kappa shape index (κ1) is 22.8. The van der Waals surface area contributed by atoms with Crippen molar-refractivity contribution in [2.45, 2.75) is 19.9 Å². The van der Waals surface area contributed by atoms with Crippen LogP contribution in [0.15, 0.2) is 48.5 Å². The van der Waals surface area contributed by atoms with Crippen LogP contribution in [0.4, 0.5) is 10.5 Å². The van der Waals surface area contributed by atoms with Crippen LogP contribution in [0.25, 0.3) is 0 Å². The van der Waals surface area contributed by atoms with Crippen molar-refractivity contribution in [3.63, 3.8) is 0 Å². The third kappa shape index (κ3) is 5.24. The maximum Gasteiger partial charge on any atom is 0.411 e. The summed E-state index contributed by atoms with van der Waals surface area (Å²) >= 11 is 0. The lowest BCUT2D eigenvalue weighted by Gasteiger charge is -2.36. The maximum absolute atomic E-state index is 12.7. The number of benzene rings is 2. The number of hydrogen-bond donors (Lipinski definition) is 2. The fraction of sp³-hybridized carbons (Fsp3) is 0.417. The van der Waals surface area contributed by atoms with Gasteiger partial charge in [-0.1, -0.05) is 24.3 Å². The lowest BCUT2D eigenvalue weighted by Crippen LogP contribution is -2.45. The quantitative estimate of drug-likeness (QED) is 0.713. The maximum atomic E-state index is 12.7. The number of amides is 2. The molecule has 31 heavy (non-hydrogen) atoms. The second-order valence-electron chi connectivity index (χ2n) is 7.72. The molecular weight excluding hydrogens is 392 g/mol. The number of hydrogen-bond acceptors (Lipinski definition) is 4. The first-order valence-electron chi connectivity index (χ1n) is 10.9. The van der Waals surface area contributed by atoms with E-state index in [2.05, 4.69) is 10.2 Å². The predicted octanol–water partition coefficient (Wildman–Crippen LogP) is 3.28. The van der Waals surface area contributed by atoms with Crippen molar-refractivity contribution in [2.75, 3.05) is 51.2 Å². The van der Waals surface area contributed by atoms with Crippen LogP contribution in [0.3, 0.4) is 0 Å². The topological polar surface area (TPSA) is 76.1 Å². The Morgan fingerprint density at radius 2 is 1.48 bits per heavy atom. The second kappa shape index (κ2) is 10.4.